The van der Waals surface area contributed by atoms with Crippen molar-refractivity contribution in [3.63, 3.8) is 0 Å². The molecule has 0 radical (unpaired) electrons. The monoisotopic (exact) mass is 242 g/mol. The molecule has 5 heteroatoms. The van der Waals surface area contributed by atoms with Gasteiger partial charge in [0.2, 0.25) is 0 Å². The van der Waals surface area contributed by atoms with E-state index in [4.69, 9.17) is 11.6 Å². The Morgan fingerprint density at radius 2 is 2.31 bits per heavy atom. The zero-order valence-electron chi connectivity index (χ0n) is 10.1. The van der Waals surface area contributed by atoms with E-state index in [0.29, 0.717) is 6.04 Å². The van der Waals surface area contributed by atoms with Crippen LogP contribution in [0.5, 0.6) is 0 Å². The fourth-order valence-electron chi connectivity index (χ4n) is 2.16. The van der Waals surface area contributed by atoms with Crippen LogP contribution < -0.4 is 5.32 Å². The summed E-state index contributed by atoms with van der Waals surface area (Å²) in [7, 11) is 1.96. The molecule has 1 unspecified atom stereocenters. The third-order valence-electron chi connectivity index (χ3n) is 3.25. The van der Waals surface area contributed by atoms with Crippen molar-refractivity contribution in [3.8, 4) is 0 Å². The zero-order valence-corrected chi connectivity index (χ0v) is 10.9. The molecule has 90 valence electrons. The molecule has 1 aliphatic rings. The summed E-state index contributed by atoms with van der Waals surface area (Å²) in [6, 6.07) is 0.556. The number of halogens is 1. The van der Waals surface area contributed by atoms with Gasteiger partial charge in [0.05, 0.1) is 16.4 Å². The summed E-state index contributed by atoms with van der Waals surface area (Å²) in [4.78, 5) is 2.44. The second-order valence-electron chi connectivity index (χ2n) is 4.49. The van der Waals surface area contributed by atoms with E-state index >= 15 is 0 Å². The SMILES string of the molecule is Cc1nn(C)c(CN2CCNCC2C)c1Cl. The number of rotatable bonds is 2. The van der Waals surface area contributed by atoms with Gasteiger partial charge in [-0.25, -0.2) is 0 Å². The van der Waals surface area contributed by atoms with Crippen LogP contribution in [0, 0.1) is 6.92 Å². The lowest BCUT2D eigenvalue weighted by molar-refractivity contribution is 0.162. The van der Waals surface area contributed by atoms with Crippen LogP contribution in [-0.4, -0.2) is 40.4 Å². The summed E-state index contributed by atoms with van der Waals surface area (Å²) in [6.07, 6.45) is 0. The van der Waals surface area contributed by atoms with Crippen LogP contribution in [0.2, 0.25) is 5.02 Å². The van der Waals surface area contributed by atoms with E-state index in [0.717, 1.165) is 42.6 Å². The van der Waals surface area contributed by atoms with Gasteiger partial charge < -0.3 is 5.32 Å². The number of piperazine rings is 1. The van der Waals surface area contributed by atoms with E-state index in [-0.39, 0.29) is 0 Å². The third-order valence-corrected chi connectivity index (χ3v) is 3.75. The predicted octanol–water partition coefficient (Wildman–Crippen LogP) is 1.18. The molecule has 0 spiro atoms. The van der Waals surface area contributed by atoms with E-state index < -0.39 is 0 Å². The molecular weight excluding hydrogens is 224 g/mol. The van der Waals surface area contributed by atoms with Gasteiger partial charge in [-0.05, 0) is 13.8 Å². The maximum atomic E-state index is 6.26. The summed E-state index contributed by atoms with van der Waals surface area (Å²) in [6.45, 7) is 8.25. The molecular formula is C11H19ClN4. The van der Waals surface area contributed by atoms with Gasteiger partial charge in [0.25, 0.3) is 0 Å². The van der Waals surface area contributed by atoms with E-state index in [1.54, 1.807) is 0 Å². The Morgan fingerprint density at radius 1 is 1.56 bits per heavy atom. The third kappa shape index (κ3) is 2.24. The molecule has 1 fully saturated rings. The van der Waals surface area contributed by atoms with E-state index in [1.807, 2.05) is 18.7 Å². The van der Waals surface area contributed by atoms with Gasteiger partial charge in [0, 0.05) is 39.3 Å². The Kier molecular flexibility index (Phi) is 3.52. The standard InChI is InChI=1S/C11H19ClN4/c1-8-6-13-4-5-16(8)7-10-11(12)9(2)14-15(10)3/h8,13H,4-7H2,1-3H3. The van der Waals surface area contributed by atoms with Gasteiger partial charge in [-0.15, -0.1) is 0 Å². The van der Waals surface area contributed by atoms with Crippen LogP contribution in [0.1, 0.15) is 18.3 Å². The van der Waals surface area contributed by atoms with Gasteiger partial charge in [-0.3, -0.25) is 9.58 Å². The van der Waals surface area contributed by atoms with Crippen molar-refractivity contribution in [1.29, 1.82) is 0 Å². The summed E-state index contributed by atoms with van der Waals surface area (Å²) in [5, 5.41) is 8.54. The minimum atomic E-state index is 0.556. The number of nitrogens with zero attached hydrogens (tertiary/aromatic N) is 3. The number of aryl methyl sites for hydroxylation is 2. The Morgan fingerprint density at radius 3 is 2.88 bits per heavy atom. The van der Waals surface area contributed by atoms with E-state index in [9.17, 15) is 0 Å². The number of hydrogen-bond donors (Lipinski definition) is 1. The lowest BCUT2D eigenvalue weighted by Gasteiger charge is -2.33. The average molecular weight is 243 g/mol. The van der Waals surface area contributed by atoms with Crippen LogP contribution in [0.4, 0.5) is 0 Å². The molecule has 1 aromatic heterocycles. The predicted molar refractivity (Wildman–Crippen MR) is 65.7 cm³/mol. The average Bonchev–Trinajstić information content (AvgIpc) is 2.48. The van der Waals surface area contributed by atoms with Crippen LogP contribution in [0.15, 0.2) is 0 Å². The molecule has 1 atom stereocenters. The molecule has 0 aliphatic carbocycles. The molecule has 16 heavy (non-hydrogen) atoms. The molecule has 1 aliphatic heterocycles. The van der Waals surface area contributed by atoms with Gasteiger partial charge >= 0.3 is 0 Å². The smallest absolute Gasteiger partial charge is 0.0860 e. The fraction of sp³-hybridized carbons (Fsp3) is 0.727. The van der Waals surface area contributed by atoms with Crippen molar-refractivity contribution in [2.45, 2.75) is 26.4 Å². The molecule has 1 N–H and O–H groups in total. The van der Waals surface area contributed by atoms with Crippen molar-refractivity contribution in [3.05, 3.63) is 16.4 Å². The highest BCUT2D eigenvalue weighted by Crippen LogP contribution is 2.21. The molecule has 0 aromatic carbocycles. The maximum Gasteiger partial charge on any atom is 0.0860 e. The fourth-order valence-corrected chi connectivity index (χ4v) is 2.38. The highest BCUT2D eigenvalue weighted by Gasteiger charge is 2.21. The largest absolute Gasteiger partial charge is 0.314 e. The Bertz CT molecular complexity index is 374. The number of hydrogen-bond acceptors (Lipinski definition) is 3. The Balaban J connectivity index is 2.13. The van der Waals surface area contributed by atoms with Crippen LogP contribution >= 0.6 is 11.6 Å². The van der Waals surface area contributed by atoms with Crippen molar-refractivity contribution in [2.24, 2.45) is 7.05 Å². The number of nitrogens with one attached hydrogen (secondary N) is 1. The van der Waals surface area contributed by atoms with Gasteiger partial charge in [0.1, 0.15) is 0 Å². The first-order valence-electron chi connectivity index (χ1n) is 5.72. The minimum Gasteiger partial charge on any atom is -0.314 e. The van der Waals surface area contributed by atoms with E-state index in [2.05, 4.69) is 22.2 Å². The summed E-state index contributed by atoms with van der Waals surface area (Å²) < 4.78 is 1.90. The van der Waals surface area contributed by atoms with E-state index in [1.165, 1.54) is 0 Å². The summed E-state index contributed by atoms with van der Waals surface area (Å²) in [5.41, 5.74) is 2.04. The highest BCUT2D eigenvalue weighted by molar-refractivity contribution is 6.31. The Hall–Kier alpha value is -0.580. The highest BCUT2D eigenvalue weighted by atomic mass is 35.5. The normalized spacial score (nSPS) is 22.6. The minimum absolute atomic E-state index is 0.556. The summed E-state index contributed by atoms with van der Waals surface area (Å²) in [5.74, 6) is 0. The second-order valence-corrected chi connectivity index (χ2v) is 4.87. The number of aromatic nitrogens is 2. The van der Waals surface area contributed by atoms with Crippen LogP contribution in [0.25, 0.3) is 0 Å². The molecule has 2 rings (SSSR count). The van der Waals surface area contributed by atoms with Crippen LogP contribution in [0.3, 0.4) is 0 Å². The lowest BCUT2D eigenvalue weighted by Crippen LogP contribution is -2.49. The molecule has 1 saturated heterocycles. The van der Waals surface area contributed by atoms with Gasteiger partial charge in [-0.2, -0.15) is 5.10 Å². The van der Waals surface area contributed by atoms with Gasteiger partial charge in [0.15, 0.2) is 0 Å². The topological polar surface area (TPSA) is 33.1 Å². The quantitative estimate of drug-likeness (QED) is 0.846. The van der Waals surface area contributed by atoms with Crippen molar-refractivity contribution < 1.29 is 0 Å². The lowest BCUT2D eigenvalue weighted by atomic mass is 10.2. The summed E-state index contributed by atoms with van der Waals surface area (Å²) >= 11 is 6.26. The first kappa shape index (κ1) is 11.9. The molecule has 1 aromatic rings. The molecule has 0 saturated carbocycles. The second kappa shape index (κ2) is 4.73. The molecule has 2 heterocycles. The first-order chi connectivity index (χ1) is 7.59. The molecule has 0 amide bonds. The Labute approximate surface area is 102 Å². The molecule has 4 nitrogen and oxygen atoms in total. The van der Waals surface area contributed by atoms with Gasteiger partial charge in [-0.1, -0.05) is 11.6 Å². The zero-order chi connectivity index (χ0) is 11.7. The maximum absolute atomic E-state index is 6.26. The van der Waals surface area contributed by atoms with Crippen molar-refractivity contribution >= 4 is 11.6 Å². The first-order valence-corrected chi connectivity index (χ1v) is 6.10. The molecule has 0 bridgehead atoms. The van der Waals surface area contributed by atoms with Crippen LogP contribution in [-0.2, 0) is 13.6 Å². The van der Waals surface area contributed by atoms with Crippen molar-refractivity contribution in [1.82, 2.24) is 20.0 Å². The van der Waals surface area contributed by atoms with Crippen molar-refractivity contribution in [2.75, 3.05) is 19.6 Å².